The summed E-state index contributed by atoms with van der Waals surface area (Å²) in [5, 5.41) is 9.52. The normalized spacial score (nSPS) is 28.6. The quantitative estimate of drug-likeness (QED) is 0.730. The summed E-state index contributed by atoms with van der Waals surface area (Å²) in [7, 11) is 0. The van der Waals surface area contributed by atoms with Gasteiger partial charge in [0.25, 0.3) is 0 Å². The molecule has 0 bridgehead atoms. The lowest BCUT2D eigenvalue weighted by atomic mass is 10.1. The molecule has 1 amide bonds. The molecular weight excluding hydrogens is 254 g/mol. The highest BCUT2D eigenvalue weighted by Crippen LogP contribution is 2.27. The first-order chi connectivity index (χ1) is 9.72. The van der Waals surface area contributed by atoms with Gasteiger partial charge in [-0.25, -0.2) is 0 Å². The maximum absolute atomic E-state index is 12.1. The SMILES string of the molecule is CC1CNC(C(=O)NCC2Cc3ccccc3O2)CN1. The zero-order chi connectivity index (χ0) is 13.9. The zero-order valence-electron chi connectivity index (χ0n) is 11.7. The van der Waals surface area contributed by atoms with Crippen LogP contribution in [0.25, 0.3) is 0 Å². The lowest BCUT2D eigenvalue weighted by Gasteiger charge is -2.28. The molecule has 0 aliphatic carbocycles. The molecule has 1 saturated heterocycles. The molecule has 5 heteroatoms. The van der Waals surface area contributed by atoms with E-state index in [4.69, 9.17) is 4.74 Å². The maximum atomic E-state index is 12.1. The summed E-state index contributed by atoms with van der Waals surface area (Å²) >= 11 is 0. The van der Waals surface area contributed by atoms with Crippen molar-refractivity contribution in [3.8, 4) is 5.75 Å². The molecule has 5 nitrogen and oxygen atoms in total. The monoisotopic (exact) mass is 275 g/mol. The van der Waals surface area contributed by atoms with Crippen LogP contribution in [-0.4, -0.2) is 43.7 Å². The van der Waals surface area contributed by atoms with Crippen LogP contribution < -0.4 is 20.7 Å². The van der Waals surface area contributed by atoms with Crippen molar-refractivity contribution in [2.24, 2.45) is 0 Å². The Kier molecular flexibility index (Phi) is 3.89. The van der Waals surface area contributed by atoms with E-state index in [0.29, 0.717) is 19.1 Å². The number of ether oxygens (including phenoxy) is 1. The molecular formula is C15H21N3O2. The first-order valence-electron chi connectivity index (χ1n) is 7.21. The van der Waals surface area contributed by atoms with Crippen LogP contribution in [0.15, 0.2) is 24.3 Å². The second-order valence-corrected chi connectivity index (χ2v) is 5.57. The highest BCUT2D eigenvalue weighted by molar-refractivity contribution is 5.82. The van der Waals surface area contributed by atoms with Gasteiger partial charge in [0.2, 0.25) is 5.91 Å². The molecule has 2 aliphatic heterocycles. The fraction of sp³-hybridized carbons (Fsp3) is 0.533. The van der Waals surface area contributed by atoms with Crippen LogP contribution in [0.3, 0.4) is 0 Å². The van der Waals surface area contributed by atoms with Gasteiger partial charge in [-0.2, -0.15) is 0 Å². The summed E-state index contributed by atoms with van der Waals surface area (Å²) in [4.78, 5) is 12.1. The van der Waals surface area contributed by atoms with Crippen LogP contribution in [0, 0.1) is 0 Å². The molecule has 2 aliphatic rings. The van der Waals surface area contributed by atoms with E-state index in [1.807, 2.05) is 18.2 Å². The number of benzene rings is 1. The largest absolute Gasteiger partial charge is 0.488 e. The van der Waals surface area contributed by atoms with E-state index in [9.17, 15) is 4.79 Å². The molecule has 1 aromatic rings. The number of rotatable bonds is 3. The van der Waals surface area contributed by atoms with Crippen molar-refractivity contribution in [2.75, 3.05) is 19.6 Å². The minimum absolute atomic E-state index is 0.0453. The van der Waals surface area contributed by atoms with Gasteiger partial charge < -0.3 is 20.7 Å². The van der Waals surface area contributed by atoms with Crippen molar-refractivity contribution in [2.45, 2.75) is 31.5 Å². The maximum Gasteiger partial charge on any atom is 0.238 e. The number of carbonyl (C=O) groups is 1. The van der Waals surface area contributed by atoms with E-state index in [1.165, 1.54) is 5.56 Å². The van der Waals surface area contributed by atoms with Crippen molar-refractivity contribution < 1.29 is 9.53 Å². The minimum Gasteiger partial charge on any atom is -0.488 e. The summed E-state index contributed by atoms with van der Waals surface area (Å²) in [5.74, 6) is 0.988. The van der Waals surface area contributed by atoms with Gasteiger partial charge in [0.15, 0.2) is 0 Å². The molecule has 3 N–H and O–H groups in total. The summed E-state index contributed by atoms with van der Waals surface area (Å²) in [6.45, 7) is 4.16. The molecule has 0 aromatic heterocycles. The van der Waals surface area contributed by atoms with E-state index in [2.05, 4.69) is 28.9 Å². The number of hydrogen-bond donors (Lipinski definition) is 3. The van der Waals surface area contributed by atoms with Gasteiger partial charge in [-0.3, -0.25) is 4.79 Å². The Hall–Kier alpha value is -1.59. The zero-order valence-corrected chi connectivity index (χ0v) is 11.7. The number of fused-ring (bicyclic) bond motifs is 1. The summed E-state index contributed by atoms with van der Waals surface area (Å²) < 4.78 is 5.81. The smallest absolute Gasteiger partial charge is 0.238 e. The summed E-state index contributed by atoms with van der Waals surface area (Å²) in [5.41, 5.74) is 1.22. The highest BCUT2D eigenvalue weighted by Gasteiger charge is 2.26. The van der Waals surface area contributed by atoms with Gasteiger partial charge in [-0.1, -0.05) is 18.2 Å². The van der Waals surface area contributed by atoms with E-state index >= 15 is 0 Å². The number of carbonyl (C=O) groups excluding carboxylic acids is 1. The highest BCUT2D eigenvalue weighted by atomic mass is 16.5. The Morgan fingerprint density at radius 3 is 2.95 bits per heavy atom. The lowest BCUT2D eigenvalue weighted by Crippen LogP contribution is -2.59. The third-order valence-corrected chi connectivity index (χ3v) is 3.88. The number of nitrogens with one attached hydrogen (secondary N) is 3. The third-order valence-electron chi connectivity index (χ3n) is 3.88. The minimum atomic E-state index is -0.144. The Morgan fingerprint density at radius 2 is 2.20 bits per heavy atom. The molecule has 3 rings (SSSR count). The summed E-state index contributed by atoms with van der Waals surface area (Å²) in [6.07, 6.45) is 0.913. The molecule has 0 spiro atoms. The van der Waals surface area contributed by atoms with E-state index in [0.717, 1.165) is 18.7 Å². The van der Waals surface area contributed by atoms with Crippen LogP contribution in [0.4, 0.5) is 0 Å². The van der Waals surface area contributed by atoms with Gasteiger partial charge >= 0.3 is 0 Å². The van der Waals surface area contributed by atoms with Crippen molar-refractivity contribution >= 4 is 5.91 Å². The van der Waals surface area contributed by atoms with Crippen LogP contribution in [-0.2, 0) is 11.2 Å². The second-order valence-electron chi connectivity index (χ2n) is 5.57. The van der Waals surface area contributed by atoms with E-state index < -0.39 is 0 Å². The topological polar surface area (TPSA) is 62.4 Å². The fourth-order valence-electron chi connectivity index (χ4n) is 2.67. The first kappa shape index (κ1) is 13.4. The third kappa shape index (κ3) is 2.94. The Balaban J connectivity index is 1.45. The average Bonchev–Trinajstić information content (AvgIpc) is 2.88. The van der Waals surface area contributed by atoms with Gasteiger partial charge in [0.05, 0.1) is 12.6 Å². The molecule has 108 valence electrons. The number of para-hydroxylation sites is 1. The van der Waals surface area contributed by atoms with Crippen LogP contribution >= 0.6 is 0 Å². The van der Waals surface area contributed by atoms with Gasteiger partial charge in [-0.05, 0) is 18.6 Å². The lowest BCUT2D eigenvalue weighted by molar-refractivity contribution is -0.123. The van der Waals surface area contributed by atoms with Crippen LogP contribution in [0.5, 0.6) is 5.75 Å². The van der Waals surface area contributed by atoms with Crippen LogP contribution in [0.2, 0.25) is 0 Å². The standard InChI is InChI=1S/C15H21N3O2/c1-10-7-17-13(9-16-10)15(19)18-8-12-6-11-4-2-3-5-14(11)20-12/h2-5,10,12-13,16-17H,6-9H2,1H3,(H,18,19). The average molecular weight is 275 g/mol. The summed E-state index contributed by atoms with van der Waals surface area (Å²) in [6, 6.07) is 8.32. The molecule has 0 saturated carbocycles. The van der Waals surface area contributed by atoms with Crippen LogP contribution in [0.1, 0.15) is 12.5 Å². The van der Waals surface area contributed by atoms with Crippen molar-refractivity contribution in [1.29, 1.82) is 0 Å². The number of amides is 1. The Morgan fingerprint density at radius 1 is 1.35 bits per heavy atom. The number of hydrogen-bond acceptors (Lipinski definition) is 4. The molecule has 20 heavy (non-hydrogen) atoms. The number of piperazine rings is 1. The molecule has 1 fully saturated rings. The molecule has 2 heterocycles. The first-order valence-corrected chi connectivity index (χ1v) is 7.21. The van der Waals surface area contributed by atoms with Crippen molar-refractivity contribution in [3.63, 3.8) is 0 Å². The molecule has 3 atom stereocenters. The predicted octanol–water partition coefficient (Wildman–Crippen LogP) is 0.0562. The second kappa shape index (κ2) is 5.81. The molecule has 3 unspecified atom stereocenters. The molecule has 0 radical (unpaired) electrons. The Bertz CT molecular complexity index is 459. The van der Waals surface area contributed by atoms with Crippen molar-refractivity contribution in [3.05, 3.63) is 29.8 Å². The van der Waals surface area contributed by atoms with Gasteiger partial charge in [0.1, 0.15) is 11.9 Å². The Labute approximate surface area is 119 Å². The van der Waals surface area contributed by atoms with Gasteiger partial charge in [0, 0.05) is 25.6 Å². The van der Waals surface area contributed by atoms with Crippen molar-refractivity contribution in [1.82, 2.24) is 16.0 Å². The predicted molar refractivity (Wildman–Crippen MR) is 76.8 cm³/mol. The van der Waals surface area contributed by atoms with Gasteiger partial charge in [-0.15, -0.1) is 0 Å². The van der Waals surface area contributed by atoms with E-state index in [-0.39, 0.29) is 18.1 Å². The molecule has 1 aromatic carbocycles. The fourth-order valence-corrected chi connectivity index (χ4v) is 2.67. The van der Waals surface area contributed by atoms with E-state index in [1.54, 1.807) is 0 Å².